The summed E-state index contributed by atoms with van der Waals surface area (Å²) < 4.78 is 26.6. The van der Waals surface area contributed by atoms with Gasteiger partial charge in [0.15, 0.2) is 0 Å². The van der Waals surface area contributed by atoms with Gasteiger partial charge in [-0.1, -0.05) is 12.1 Å². The first-order valence-corrected chi connectivity index (χ1v) is 6.65. The van der Waals surface area contributed by atoms with Crippen molar-refractivity contribution in [3.63, 3.8) is 0 Å². The van der Waals surface area contributed by atoms with Crippen LogP contribution < -0.4 is 16.0 Å². The number of hydrogen-bond acceptors (Lipinski definition) is 5. The number of hydrazine groups is 1. The van der Waals surface area contributed by atoms with Crippen LogP contribution in [-0.4, -0.2) is 18.4 Å². The Morgan fingerprint density at radius 3 is 2.78 bits per heavy atom. The number of sulfonamides is 1. The van der Waals surface area contributed by atoms with Crippen molar-refractivity contribution in [2.24, 2.45) is 5.84 Å². The molecule has 0 spiro atoms. The number of nitrogens with two attached hydrogens (primary N) is 1. The van der Waals surface area contributed by atoms with Gasteiger partial charge < -0.3 is 10.4 Å². The molecule has 1 heterocycles. The lowest BCUT2D eigenvalue weighted by atomic mass is 10.3. The molecule has 0 saturated heterocycles. The summed E-state index contributed by atoms with van der Waals surface area (Å²) in [4.78, 5) is 6.84. The van der Waals surface area contributed by atoms with E-state index in [4.69, 9.17) is 5.84 Å². The summed E-state index contributed by atoms with van der Waals surface area (Å²) in [6, 6.07) is 6.38. The Morgan fingerprint density at radius 2 is 2.11 bits per heavy atom. The molecular formula is C10H13N5O2S. The summed E-state index contributed by atoms with van der Waals surface area (Å²) in [7, 11) is -3.63. The number of H-pyrrole nitrogens is 1. The number of para-hydroxylation sites is 1. The van der Waals surface area contributed by atoms with E-state index in [0.717, 1.165) is 0 Å². The van der Waals surface area contributed by atoms with E-state index in [1.807, 2.05) is 0 Å². The lowest BCUT2D eigenvalue weighted by Gasteiger charge is -2.09. The summed E-state index contributed by atoms with van der Waals surface area (Å²) in [5.74, 6) is 5.82. The molecule has 0 amide bonds. The highest BCUT2D eigenvalue weighted by atomic mass is 32.2. The SMILES string of the molecule is NNc1ccccc1S(=O)(=O)NCc1ncc[nH]1. The van der Waals surface area contributed by atoms with Crippen LogP contribution in [-0.2, 0) is 16.6 Å². The first-order valence-electron chi connectivity index (χ1n) is 5.17. The molecule has 0 aliphatic heterocycles. The van der Waals surface area contributed by atoms with Crippen LogP contribution in [0.5, 0.6) is 0 Å². The molecule has 0 aliphatic rings. The van der Waals surface area contributed by atoms with E-state index in [0.29, 0.717) is 11.5 Å². The molecule has 18 heavy (non-hydrogen) atoms. The van der Waals surface area contributed by atoms with E-state index < -0.39 is 10.0 Å². The molecule has 0 unspecified atom stereocenters. The van der Waals surface area contributed by atoms with Gasteiger partial charge >= 0.3 is 0 Å². The Bertz CT molecular complexity index is 609. The van der Waals surface area contributed by atoms with Crippen LogP contribution >= 0.6 is 0 Å². The van der Waals surface area contributed by atoms with E-state index in [2.05, 4.69) is 20.1 Å². The zero-order chi connectivity index (χ0) is 13.0. The van der Waals surface area contributed by atoms with Crippen LogP contribution in [0.1, 0.15) is 5.82 Å². The predicted molar refractivity (Wildman–Crippen MR) is 66.9 cm³/mol. The summed E-state index contributed by atoms with van der Waals surface area (Å²) >= 11 is 0. The van der Waals surface area contributed by atoms with Crippen molar-refractivity contribution in [1.82, 2.24) is 14.7 Å². The second-order valence-electron chi connectivity index (χ2n) is 3.50. The molecule has 0 atom stereocenters. The molecule has 0 aliphatic carbocycles. The van der Waals surface area contributed by atoms with Gasteiger partial charge in [-0.15, -0.1) is 0 Å². The van der Waals surface area contributed by atoms with Crippen molar-refractivity contribution in [3.8, 4) is 0 Å². The third-order valence-corrected chi connectivity index (χ3v) is 3.78. The van der Waals surface area contributed by atoms with E-state index in [1.54, 1.807) is 30.6 Å². The van der Waals surface area contributed by atoms with Gasteiger partial charge in [0, 0.05) is 12.4 Å². The molecule has 0 radical (unpaired) electrons. The van der Waals surface area contributed by atoms with Crippen LogP contribution in [0.3, 0.4) is 0 Å². The second-order valence-corrected chi connectivity index (χ2v) is 5.24. The van der Waals surface area contributed by atoms with Crippen molar-refractivity contribution in [2.75, 3.05) is 5.43 Å². The third-order valence-electron chi connectivity index (χ3n) is 2.32. The summed E-state index contributed by atoms with van der Waals surface area (Å²) in [6.07, 6.45) is 3.18. The average molecular weight is 267 g/mol. The van der Waals surface area contributed by atoms with E-state index in [9.17, 15) is 8.42 Å². The Hall–Kier alpha value is -1.90. The molecule has 8 heteroatoms. The number of nitrogens with one attached hydrogen (secondary N) is 3. The number of aromatic nitrogens is 2. The molecule has 0 bridgehead atoms. The maximum atomic E-state index is 12.1. The van der Waals surface area contributed by atoms with Gasteiger partial charge in [-0.25, -0.2) is 18.1 Å². The average Bonchev–Trinajstić information content (AvgIpc) is 2.89. The fraction of sp³-hybridized carbons (Fsp3) is 0.100. The van der Waals surface area contributed by atoms with Crippen LogP contribution in [0.4, 0.5) is 5.69 Å². The maximum Gasteiger partial charge on any atom is 0.243 e. The van der Waals surface area contributed by atoms with Crippen molar-refractivity contribution < 1.29 is 8.42 Å². The fourth-order valence-electron chi connectivity index (χ4n) is 1.46. The summed E-state index contributed by atoms with van der Waals surface area (Å²) in [5.41, 5.74) is 2.69. The minimum atomic E-state index is -3.63. The molecular weight excluding hydrogens is 254 g/mol. The summed E-state index contributed by atoms with van der Waals surface area (Å²) in [6.45, 7) is 0.0915. The van der Waals surface area contributed by atoms with Crippen LogP contribution in [0.25, 0.3) is 0 Å². The van der Waals surface area contributed by atoms with E-state index in [-0.39, 0.29) is 11.4 Å². The Kier molecular flexibility index (Phi) is 3.60. The fourth-order valence-corrected chi connectivity index (χ4v) is 2.61. The maximum absolute atomic E-state index is 12.1. The molecule has 7 nitrogen and oxygen atoms in total. The number of nitrogens with zero attached hydrogens (tertiary/aromatic N) is 1. The van der Waals surface area contributed by atoms with Gasteiger partial charge in [-0.3, -0.25) is 5.84 Å². The zero-order valence-corrected chi connectivity index (χ0v) is 10.2. The first-order chi connectivity index (χ1) is 8.63. The van der Waals surface area contributed by atoms with Gasteiger partial charge in [0.05, 0.1) is 12.2 Å². The van der Waals surface area contributed by atoms with Gasteiger partial charge in [0.2, 0.25) is 10.0 Å². The number of imidazole rings is 1. The second kappa shape index (κ2) is 5.17. The number of rotatable bonds is 5. The number of aromatic amines is 1. The Balaban J connectivity index is 2.20. The number of nitrogen functional groups attached to an aromatic ring is 1. The smallest absolute Gasteiger partial charge is 0.243 e. The molecule has 96 valence electrons. The van der Waals surface area contributed by atoms with Crippen molar-refractivity contribution in [2.45, 2.75) is 11.4 Å². The molecule has 0 fully saturated rings. The van der Waals surface area contributed by atoms with Crippen LogP contribution in [0.2, 0.25) is 0 Å². The van der Waals surface area contributed by atoms with Crippen LogP contribution in [0, 0.1) is 0 Å². The zero-order valence-electron chi connectivity index (χ0n) is 9.42. The predicted octanol–water partition coefficient (Wildman–Crippen LogP) is 0.174. The number of hydrogen-bond donors (Lipinski definition) is 4. The van der Waals surface area contributed by atoms with Gasteiger partial charge in [0.25, 0.3) is 0 Å². The molecule has 2 rings (SSSR count). The minimum absolute atomic E-state index is 0.0915. The minimum Gasteiger partial charge on any atom is -0.347 e. The van der Waals surface area contributed by atoms with Gasteiger partial charge in [-0.2, -0.15) is 0 Å². The third kappa shape index (κ3) is 2.67. The lowest BCUT2D eigenvalue weighted by Crippen LogP contribution is -2.25. The van der Waals surface area contributed by atoms with Crippen molar-refractivity contribution in [1.29, 1.82) is 0 Å². The highest BCUT2D eigenvalue weighted by Gasteiger charge is 2.17. The Morgan fingerprint density at radius 1 is 1.33 bits per heavy atom. The molecule has 1 aromatic carbocycles. The standard InChI is InChI=1S/C10H13N5O2S/c11-15-8-3-1-2-4-9(8)18(16,17)14-7-10-12-5-6-13-10/h1-6,14-15H,7,11H2,(H,12,13). The number of benzene rings is 1. The summed E-state index contributed by atoms with van der Waals surface area (Å²) in [5, 5.41) is 0. The molecule has 2 aromatic rings. The highest BCUT2D eigenvalue weighted by molar-refractivity contribution is 7.89. The quantitative estimate of drug-likeness (QED) is 0.456. The number of anilines is 1. The van der Waals surface area contributed by atoms with Crippen molar-refractivity contribution in [3.05, 3.63) is 42.5 Å². The van der Waals surface area contributed by atoms with Crippen LogP contribution in [0.15, 0.2) is 41.6 Å². The topological polar surface area (TPSA) is 113 Å². The normalized spacial score (nSPS) is 11.4. The first kappa shape index (κ1) is 12.6. The molecule has 5 N–H and O–H groups in total. The lowest BCUT2D eigenvalue weighted by molar-refractivity contribution is 0.580. The molecule has 0 saturated carbocycles. The molecule has 1 aromatic heterocycles. The Labute approximate surface area is 104 Å². The monoisotopic (exact) mass is 267 g/mol. The highest BCUT2D eigenvalue weighted by Crippen LogP contribution is 2.19. The van der Waals surface area contributed by atoms with E-state index in [1.165, 1.54) is 6.07 Å². The van der Waals surface area contributed by atoms with E-state index >= 15 is 0 Å². The van der Waals surface area contributed by atoms with Gasteiger partial charge in [-0.05, 0) is 12.1 Å². The largest absolute Gasteiger partial charge is 0.347 e. The van der Waals surface area contributed by atoms with Crippen molar-refractivity contribution >= 4 is 15.7 Å². The van der Waals surface area contributed by atoms with Gasteiger partial charge in [0.1, 0.15) is 10.7 Å².